The van der Waals surface area contributed by atoms with Gasteiger partial charge >= 0.3 is 0 Å². The van der Waals surface area contributed by atoms with Crippen LogP contribution in [0, 0.1) is 0 Å². The van der Waals surface area contributed by atoms with Crippen LogP contribution in [0.1, 0.15) is 18.5 Å². The number of nitrogens with one attached hydrogen (secondary N) is 1. The van der Waals surface area contributed by atoms with E-state index in [9.17, 15) is 0 Å². The van der Waals surface area contributed by atoms with Crippen molar-refractivity contribution in [1.82, 2.24) is 15.2 Å². The minimum Gasteiger partial charge on any atom is -0.361 e. The molecule has 4 nitrogen and oxygen atoms in total. The largest absolute Gasteiger partial charge is 0.361 e. The Labute approximate surface area is 109 Å². The van der Waals surface area contributed by atoms with Gasteiger partial charge in [0.05, 0.1) is 6.04 Å². The second-order valence-electron chi connectivity index (χ2n) is 3.50. The molecule has 6 heteroatoms. The van der Waals surface area contributed by atoms with E-state index in [4.69, 9.17) is 23.2 Å². The molecule has 0 saturated carbocycles. The molecular weight excluding hydrogens is 259 g/mol. The Kier molecular flexibility index (Phi) is 3.76. The fourth-order valence-corrected chi connectivity index (χ4v) is 1.67. The number of halogens is 2. The van der Waals surface area contributed by atoms with E-state index in [2.05, 4.69) is 20.5 Å². The summed E-state index contributed by atoms with van der Waals surface area (Å²) in [7, 11) is 0. The quantitative estimate of drug-likeness (QED) is 0.928. The van der Waals surface area contributed by atoms with Crippen LogP contribution in [0.15, 0.2) is 30.3 Å². The van der Waals surface area contributed by atoms with E-state index in [0.29, 0.717) is 5.82 Å². The van der Waals surface area contributed by atoms with Crippen molar-refractivity contribution in [1.29, 1.82) is 0 Å². The number of hydrogen-bond acceptors (Lipinski definition) is 4. The highest BCUT2D eigenvalue weighted by Crippen LogP contribution is 2.22. The Morgan fingerprint density at radius 3 is 2.53 bits per heavy atom. The van der Waals surface area contributed by atoms with Crippen LogP contribution in [0.5, 0.6) is 0 Å². The Morgan fingerprint density at radius 1 is 1.12 bits per heavy atom. The lowest BCUT2D eigenvalue weighted by molar-refractivity contribution is 0.859. The number of aromatic nitrogens is 3. The molecule has 0 amide bonds. The van der Waals surface area contributed by atoms with Gasteiger partial charge in [-0.3, -0.25) is 0 Å². The van der Waals surface area contributed by atoms with E-state index in [1.807, 2.05) is 37.3 Å². The highest BCUT2D eigenvalue weighted by atomic mass is 35.5. The van der Waals surface area contributed by atoms with Gasteiger partial charge in [0.15, 0.2) is 11.0 Å². The summed E-state index contributed by atoms with van der Waals surface area (Å²) in [6.45, 7) is 2.00. The lowest BCUT2D eigenvalue weighted by Crippen LogP contribution is -2.09. The molecule has 1 aromatic carbocycles. The third-order valence-corrected chi connectivity index (χ3v) is 2.69. The third kappa shape index (κ3) is 3.05. The third-order valence-electron chi connectivity index (χ3n) is 2.27. The van der Waals surface area contributed by atoms with Gasteiger partial charge in [-0.25, -0.2) is 0 Å². The maximum atomic E-state index is 5.87. The van der Waals surface area contributed by atoms with Crippen LogP contribution in [0.3, 0.4) is 0 Å². The number of rotatable bonds is 3. The molecule has 1 atom stereocenters. The fraction of sp³-hybridized carbons (Fsp3) is 0.182. The zero-order valence-corrected chi connectivity index (χ0v) is 10.6. The summed E-state index contributed by atoms with van der Waals surface area (Å²) in [5.74, 6) is 0.433. The molecule has 0 aliphatic carbocycles. The first-order valence-electron chi connectivity index (χ1n) is 5.04. The van der Waals surface area contributed by atoms with E-state index in [1.165, 1.54) is 0 Å². The van der Waals surface area contributed by atoms with Crippen LogP contribution >= 0.6 is 23.2 Å². The predicted octanol–water partition coefficient (Wildman–Crippen LogP) is 3.35. The molecule has 1 heterocycles. The van der Waals surface area contributed by atoms with Gasteiger partial charge in [0.1, 0.15) is 0 Å². The normalized spacial score (nSPS) is 12.2. The van der Waals surface area contributed by atoms with Crippen molar-refractivity contribution in [3.05, 3.63) is 46.3 Å². The van der Waals surface area contributed by atoms with Crippen LogP contribution < -0.4 is 5.32 Å². The Morgan fingerprint density at radius 2 is 1.82 bits per heavy atom. The molecule has 1 unspecified atom stereocenters. The second kappa shape index (κ2) is 5.29. The molecule has 2 aromatic rings. The summed E-state index contributed by atoms with van der Waals surface area (Å²) in [6.07, 6.45) is 0. The van der Waals surface area contributed by atoms with E-state index >= 15 is 0 Å². The smallest absolute Gasteiger partial charge is 0.245 e. The van der Waals surface area contributed by atoms with Crippen molar-refractivity contribution in [2.24, 2.45) is 0 Å². The topological polar surface area (TPSA) is 50.7 Å². The highest BCUT2D eigenvalue weighted by Gasteiger charge is 2.10. The van der Waals surface area contributed by atoms with Crippen LogP contribution in [-0.2, 0) is 0 Å². The average molecular weight is 269 g/mol. The Bertz CT molecular complexity index is 504. The number of nitrogens with zero attached hydrogens (tertiary/aromatic N) is 3. The van der Waals surface area contributed by atoms with Crippen molar-refractivity contribution in [3.8, 4) is 0 Å². The Hall–Kier alpha value is -1.39. The SMILES string of the molecule is CC(Nc1nc(Cl)nnc1Cl)c1ccccc1. The van der Waals surface area contributed by atoms with E-state index in [1.54, 1.807) is 0 Å². The molecule has 0 aliphatic rings. The molecule has 0 radical (unpaired) electrons. The number of hydrogen-bond donors (Lipinski definition) is 1. The van der Waals surface area contributed by atoms with Crippen LogP contribution in [0.25, 0.3) is 0 Å². The molecular formula is C11H10Cl2N4. The molecule has 1 N–H and O–H groups in total. The van der Waals surface area contributed by atoms with Crippen LogP contribution in [0.4, 0.5) is 5.82 Å². The van der Waals surface area contributed by atoms with Gasteiger partial charge in [-0.15, -0.1) is 10.2 Å². The second-order valence-corrected chi connectivity index (χ2v) is 4.19. The summed E-state index contributed by atoms with van der Waals surface area (Å²) >= 11 is 11.5. The summed E-state index contributed by atoms with van der Waals surface area (Å²) in [5, 5.41) is 10.6. The van der Waals surface area contributed by atoms with Crippen LogP contribution in [0.2, 0.25) is 10.4 Å². The van der Waals surface area contributed by atoms with Crippen molar-refractivity contribution in [3.63, 3.8) is 0 Å². The lowest BCUT2D eigenvalue weighted by Gasteiger charge is -2.14. The molecule has 0 bridgehead atoms. The van der Waals surface area contributed by atoms with Crippen molar-refractivity contribution in [2.75, 3.05) is 5.32 Å². The molecule has 17 heavy (non-hydrogen) atoms. The van der Waals surface area contributed by atoms with Gasteiger partial charge < -0.3 is 5.32 Å². The number of benzene rings is 1. The minimum atomic E-state index is 0.0569. The maximum absolute atomic E-state index is 5.87. The van der Waals surface area contributed by atoms with Gasteiger partial charge in [0, 0.05) is 0 Å². The summed E-state index contributed by atoms with van der Waals surface area (Å²) < 4.78 is 0. The zero-order chi connectivity index (χ0) is 12.3. The summed E-state index contributed by atoms with van der Waals surface area (Å²) in [4.78, 5) is 3.99. The molecule has 0 fully saturated rings. The fourth-order valence-electron chi connectivity index (χ4n) is 1.42. The standard InChI is InChI=1S/C11H10Cl2N4/c1-7(8-5-3-2-4-6-8)14-10-9(12)16-17-11(13)15-10/h2-7H,1H3,(H,14,15,17). The van der Waals surface area contributed by atoms with Gasteiger partial charge in [-0.2, -0.15) is 4.98 Å². The van der Waals surface area contributed by atoms with Crippen LogP contribution in [-0.4, -0.2) is 15.2 Å². The average Bonchev–Trinajstić information content (AvgIpc) is 2.35. The zero-order valence-electron chi connectivity index (χ0n) is 9.06. The van der Waals surface area contributed by atoms with Gasteiger partial charge in [-0.05, 0) is 24.1 Å². The first-order chi connectivity index (χ1) is 8.16. The van der Waals surface area contributed by atoms with E-state index < -0.39 is 0 Å². The van der Waals surface area contributed by atoms with Gasteiger partial charge in [0.25, 0.3) is 0 Å². The maximum Gasteiger partial charge on any atom is 0.245 e. The minimum absolute atomic E-state index is 0.0569. The highest BCUT2D eigenvalue weighted by molar-refractivity contribution is 6.32. The first-order valence-corrected chi connectivity index (χ1v) is 5.79. The van der Waals surface area contributed by atoms with Gasteiger partial charge in [-0.1, -0.05) is 41.9 Å². The predicted molar refractivity (Wildman–Crippen MR) is 68.3 cm³/mol. The molecule has 2 rings (SSSR count). The van der Waals surface area contributed by atoms with Crippen molar-refractivity contribution in [2.45, 2.75) is 13.0 Å². The summed E-state index contributed by atoms with van der Waals surface area (Å²) in [5.41, 5.74) is 1.12. The van der Waals surface area contributed by atoms with Crippen molar-refractivity contribution >= 4 is 29.0 Å². The Balaban J connectivity index is 2.18. The molecule has 0 spiro atoms. The van der Waals surface area contributed by atoms with Crippen molar-refractivity contribution < 1.29 is 0 Å². The number of anilines is 1. The van der Waals surface area contributed by atoms with Gasteiger partial charge in [0.2, 0.25) is 5.28 Å². The molecule has 0 saturated heterocycles. The molecule has 88 valence electrons. The summed E-state index contributed by atoms with van der Waals surface area (Å²) in [6, 6.07) is 10.00. The monoisotopic (exact) mass is 268 g/mol. The lowest BCUT2D eigenvalue weighted by atomic mass is 10.1. The van der Waals surface area contributed by atoms with E-state index in [0.717, 1.165) is 5.56 Å². The van der Waals surface area contributed by atoms with E-state index in [-0.39, 0.29) is 16.5 Å². The molecule has 0 aliphatic heterocycles. The first kappa shape index (κ1) is 12.1. The molecule has 1 aromatic heterocycles.